The molecule has 0 unspecified atom stereocenters. The van der Waals surface area contributed by atoms with Gasteiger partial charge < -0.3 is 30.2 Å². The summed E-state index contributed by atoms with van der Waals surface area (Å²) in [5, 5.41) is 29.3. The number of carbonyl (C=O) groups excluding carboxylic acids is 2. The van der Waals surface area contributed by atoms with Crippen LogP contribution in [0.2, 0.25) is 0 Å². The number of unbranched alkanes of at least 4 members (excludes halogenated alkanes) is 2. The zero-order valence-corrected chi connectivity index (χ0v) is 26.7. The van der Waals surface area contributed by atoms with E-state index in [9.17, 15) is 29.6 Å². The number of amides is 1. The van der Waals surface area contributed by atoms with Gasteiger partial charge in [-0.1, -0.05) is 23.8 Å². The molecule has 2 heterocycles. The first-order valence-electron chi connectivity index (χ1n) is 15.6. The molecule has 0 aliphatic carbocycles. The largest absolute Gasteiger partial charge is 0.507 e. The molecule has 0 radical (unpaired) electrons. The van der Waals surface area contributed by atoms with Crippen LogP contribution in [0.25, 0.3) is 21.8 Å². The van der Waals surface area contributed by atoms with Gasteiger partial charge in [-0.25, -0.2) is 4.79 Å². The second kappa shape index (κ2) is 14.4. The number of phenols is 1. The number of para-hydroxylation sites is 1. The number of H-pyrrole nitrogens is 1. The van der Waals surface area contributed by atoms with E-state index in [1.807, 2.05) is 19.9 Å². The van der Waals surface area contributed by atoms with E-state index in [-0.39, 0.29) is 45.8 Å². The Labute approximate surface area is 270 Å². The summed E-state index contributed by atoms with van der Waals surface area (Å²) in [6, 6.07) is 9.91. The van der Waals surface area contributed by atoms with Gasteiger partial charge in [0.2, 0.25) is 5.91 Å². The van der Waals surface area contributed by atoms with Crippen LogP contribution in [0.15, 0.2) is 52.8 Å². The Kier molecular flexibility index (Phi) is 10.1. The molecule has 5 rings (SSSR count). The van der Waals surface area contributed by atoms with Crippen molar-refractivity contribution >= 4 is 45.1 Å². The number of rotatable bonds is 14. The fourth-order valence-corrected chi connectivity index (χ4v) is 6.00. The number of ether oxygens (including phenoxy) is 2. The zero-order valence-electron chi connectivity index (χ0n) is 26.7. The summed E-state index contributed by atoms with van der Waals surface area (Å²) < 4.78 is 10.6. The maximum atomic E-state index is 13.3. The van der Waals surface area contributed by atoms with Gasteiger partial charge in [0.15, 0.2) is 5.43 Å². The van der Waals surface area contributed by atoms with Crippen LogP contribution in [0.4, 0.5) is 11.4 Å². The average Bonchev–Trinajstić information content (AvgIpc) is 3.45. The number of esters is 1. The molecule has 1 aromatic heterocycles. The molecule has 0 saturated heterocycles. The lowest BCUT2D eigenvalue weighted by molar-refractivity contribution is -0.383. The minimum absolute atomic E-state index is 0.0591. The van der Waals surface area contributed by atoms with Gasteiger partial charge in [0.1, 0.15) is 29.2 Å². The third kappa shape index (κ3) is 6.91. The minimum atomic E-state index is -0.540. The Hall–Kier alpha value is -5.39. The van der Waals surface area contributed by atoms with Crippen molar-refractivity contribution in [2.24, 2.45) is 0 Å². The summed E-state index contributed by atoms with van der Waals surface area (Å²) in [4.78, 5) is 52.0. The lowest BCUT2D eigenvalue weighted by Crippen LogP contribution is -2.24. The van der Waals surface area contributed by atoms with Gasteiger partial charge in [0.05, 0.1) is 17.4 Å². The summed E-state index contributed by atoms with van der Waals surface area (Å²) in [5.74, 6) is -0.192. The van der Waals surface area contributed by atoms with Gasteiger partial charge in [-0.15, -0.1) is 0 Å². The molecule has 4 N–H and O–H groups in total. The monoisotopic (exact) mass is 642 g/mol. The van der Waals surface area contributed by atoms with Gasteiger partial charge in [0.25, 0.3) is 5.69 Å². The topological polar surface area (TPSA) is 173 Å². The lowest BCUT2D eigenvalue weighted by atomic mass is 9.94. The second-order valence-corrected chi connectivity index (χ2v) is 11.6. The molecule has 1 aliphatic heterocycles. The number of nitrogens with zero attached hydrogens (tertiary/aromatic N) is 1. The normalized spacial score (nSPS) is 12.7. The number of cyclic esters (lactones) is 1. The number of methoxy groups -OCH3 is 1. The average molecular weight is 643 g/mol. The van der Waals surface area contributed by atoms with E-state index in [0.717, 1.165) is 30.4 Å². The van der Waals surface area contributed by atoms with Crippen LogP contribution < -0.4 is 20.8 Å². The molecular weight excluding hydrogens is 604 g/mol. The summed E-state index contributed by atoms with van der Waals surface area (Å²) in [5.41, 5.74) is 3.95. The van der Waals surface area contributed by atoms with E-state index < -0.39 is 10.9 Å². The van der Waals surface area contributed by atoms with Gasteiger partial charge in [-0.05, 0) is 69.7 Å². The Morgan fingerprint density at radius 2 is 1.89 bits per heavy atom. The van der Waals surface area contributed by atoms with Crippen molar-refractivity contribution in [3.63, 3.8) is 0 Å². The SMILES string of the molecule is COc1c(C)c2c(c(O)c1C/C=C(\C)CCC(=O)NCCCCCNc1ccc([N+](=O)[O-])c3[nH]c4ccccc4c(=O)c13)C(=O)OC2. The van der Waals surface area contributed by atoms with Gasteiger partial charge in [-0.3, -0.25) is 19.7 Å². The molecule has 12 heteroatoms. The molecule has 0 atom stereocenters. The van der Waals surface area contributed by atoms with Crippen molar-refractivity contribution in [3.05, 3.63) is 90.6 Å². The highest BCUT2D eigenvalue weighted by molar-refractivity contribution is 6.03. The minimum Gasteiger partial charge on any atom is -0.507 e. The molecule has 1 amide bonds. The van der Waals surface area contributed by atoms with Crippen LogP contribution in [-0.4, -0.2) is 47.1 Å². The third-order valence-electron chi connectivity index (χ3n) is 8.58. The summed E-state index contributed by atoms with van der Waals surface area (Å²) in [6.45, 7) is 4.96. The highest BCUT2D eigenvalue weighted by Crippen LogP contribution is 2.42. The smallest absolute Gasteiger partial charge is 0.342 e. The molecule has 0 spiro atoms. The van der Waals surface area contributed by atoms with Crippen LogP contribution >= 0.6 is 0 Å². The number of nitro benzene ring substituents is 1. The van der Waals surface area contributed by atoms with Crippen molar-refractivity contribution in [3.8, 4) is 11.5 Å². The van der Waals surface area contributed by atoms with Gasteiger partial charge >= 0.3 is 5.97 Å². The van der Waals surface area contributed by atoms with E-state index in [1.165, 1.54) is 13.2 Å². The molecule has 1 aliphatic rings. The number of carbonyl (C=O) groups is 2. The van der Waals surface area contributed by atoms with E-state index in [2.05, 4.69) is 15.6 Å². The number of anilines is 1. The van der Waals surface area contributed by atoms with Crippen LogP contribution in [0.3, 0.4) is 0 Å². The lowest BCUT2D eigenvalue weighted by Gasteiger charge is -2.15. The van der Waals surface area contributed by atoms with E-state index >= 15 is 0 Å². The molecule has 4 aromatic rings. The quantitative estimate of drug-likeness (QED) is 0.0324. The number of phenolic OH excluding ortho intramolecular Hbond substituents is 1. The van der Waals surface area contributed by atoms with Crippen LogP contribution in [0, 0.1) is 17.0 Å². The predicted molar refractivity (Wildman–Crippen MR) is 179 cm³/mol. The molecule has 0 bridgehead atoms. The molecule has 47 heavy (non-hydrogen) atoms. The van der Waals surface area contributed by atoms with Crippen molar-refractivity contribution in [1.82, 2.24) is 10.3 Å². The molecule has 12 nitrogen and oxygen atoms in total. The summed E-state index contributed by atoms with van der Waals surface area (Å²) in [6.07, 6.45) is 5.51. The van der Waals surface area contributed by atoms with Gasteiger partial charge in [0, 0.05) is 53.3 Å². The van der Waals surface area contributed by atoms with E-state index in [1.54, 1.807) is 30.3 Å². The van der Waals surface area contributed by atoms with Crippen LogP contribution in [0.1, 0.15) is 66.1 Å². The maximum Gasteiger partial charge on any atom is 0.342 e. The number of nitrogens with one attached hydrogen (secondary N) is 3. The number of allylic oxidation sites excluding steroid dienone is 2. The molecule has 3 aromatic carbocycles. The van der Waals surface area contributed by atoms with Crippen LogP contribution in [-0.2, 0) is 22.6 Å². The highest BCUT2D eigenvalue weighted by atomic mass is 16.6. The maximum absolute atomic E-state index is 13.3. The second-order valence-electron chi connectivity index (χ2n) is 11.6. The van der Waals surface area contributed by atoms with Crippen LogP contribution in [0.5, 0.6) is 11.5 Å². The number of aromatic hydroxyl groups is 1. The molecule has 246 valence electrons. The fourth-order valence-electron chi connectivity index (χ4n) is 6.00. The Morgan fingerprint density at radius 3 is 2.66 bits per heavy atom. The number of benzene rings is 3. The standard InChI is InChI=1S/C35H38N4O8/c1-20(11-13-23-33(42)29-24(19-47-35(29)43)21(2)34(23)46-3)12-16-28(40)37-18-8-4-7-17-36-26-14-15-27(39(44)45)31-30(26)32(41)22-9-5-6-10-25(22)38-31/h5-6,9-11,14-15,36,42H,4,7-8,12-13,16-19H2,1-3H3,(H,37,40)(H,38,41)/b20-11+. The number of aromatic amines is 1. The number of hydrogen-bond donors (Lipinski definition) is 4. The Morgan fingerprint density at radius 1 is 1.13 bits per heavy atom. The van der Waals surface area contributed by atoms with Crippen molar-refractivity contribution < 1.29 is 29.1 Å². The first kappa shape index (κ1) is 33.0. The molecule has 0 fully saturated rings. The number of aromatic nitrogens is 1. The molecule has 0 saturated carbocycles. The number of nitro groups is 1. The summed E-state index contributed by atoms with van der Waals surface area (Å²) >= 11 is 0. The van der Waals surface area contributed by atoms with Crippen molar-refractivity contribution in [1.29, 1.82) is 0 Å². The number of pyridine rings is 1. The van der Waals surface area contributed by atoms with Crippen molar-refractivity contribution in [2.45, 2.75) is 59.0 Å². The fraction of sp³-hybridized carbons (Fsp3) is 0.343. The first-order chi connectivity index (χ1) is 22.6. The number of non-ortho nitro benzene ring substituents is 1. The first-order valence-corrected chi connectivity index (χ1v) is 15.6. The summed E-state index contributed by atoms with van der Waals surface area (Å²) in [7, 11) is 1.53. The third-order valence-corrected chi connectivity index (χ3v) is 8.58. The zero-order chi connectivity index (χ0) is 33.7. The van der Waals surface area contributed by atoms with E-state index in [4.69, 9.17) is 9.47 Å². The van der Waals surface area contributed by atoms with E-state index in [0.29, 0.717) is 65.8 Å². The van der Waals surface area contributed by atoms with Gasteiger partial charge in [-0.2, -0.15) is 0 Å². The number of fused-ring (bicyclic) bond motifs is 3. The Bertz CT molecular complexity index is 1960. The molecular formula is C35H38N4O8. The predicted octanol–water partition coefficient (Wildman–Crippen LogP) is 5.95. The highest BCUT2D eigenvalue weighted by Gasteiger charge is 2.32. The number of hydrogen-bond acceptors (Lipinski definition) is 9. The Balaban J connectivity index is 1.07. The van der Waals surface area contributed by atoms with Crippen molar-refractivity contribution in [2.75, 3.05) is 25.5 Å².